The van der Waals surface area contributed by atoms with Gasteiger partial charge in [0.2, 0.25) is 5.91 Å². The molecule has 1 heterocycles. The van der Waals surface area contributed by atoms with Crippen molar-refractivity contribution in [2.45, 2.75) is 26.3 Å². The molecule has 1 saturated heterocycles. The van der Waals surface area contributed by atoms with Crippen molar-refractivity contribution in [3.8, 4) is 0 Å². The molecule has 1 aliphatic rings. The van der Waals surface area contributed by atoms with Crippen molar-refractivity contribution in [2.75, 3.05) is 26.2 Å². The molecule has 0 radical (unpaired) electrons. The van der Waals surface area contributed by atoms with E-state index in [4.69, 9.17) is 5.73 Å². The highest BCUT2D eigenvalue weighted by atomic mass is 35.5. The molecule has 1 aromatic carbocycles. The number of carbonyl (C=O) groups is 2. The lowest BCUT2D eigenvalue weighted by atomic mass is 10.0. The fourth-order valence-electron chi connectivity index (χ4n) is 2.61. The Kier molecular flexibility index (Phi) is 7.63. The molecule has 134 valence electrons. The molecule has 1 aromatic rings. The van der Waals surface area contributed by atoms with Crippen LogP contribution in [0.1, 0.15) is 30.6 Å². The second-order valence-corrected chi connectivity index (χ2v) is 6.25. The van der Waals surface area contributed by atoms with E-state index < -0.39 is 6.04 Å². The maximum absolute atomic E-state index is 13.0. The van der Waals surface area contributed by atoms with E-state index >= 15 is 0 Å². The van der Waals surface area contributed by atoms with Gasteiger partial charge in [-0.25, -0.2) is 4.39 Å². The molecule has 0 saturated carbocycles. The molecule has 0 unspecified atom stereocenters. The van der Waals surface area contributed by atoms with Gasteiger partial charge in [0.25, 0.3) is 5.91 Å². The van der Waals surface area contributed by atoms with Crippen LogP contribution in [0.5, 0.6) is 0 Å². The Morgan fingerprint density at radius 2 is 1.58 bits per heavy atom. The summed E-state index contributed by atoms with van der Waals surface area (Å²) in [7, 11) is 0. The minimum atomic E-state index is -0.505. The first-order valence-corrected chi connectivity index (χ1v) is 7.99. The third-order valence-electron chi connectivity index (χ3n) is 4.19. The molecule has 7 heteroatoms. The average molecular weight is 358 g/mol. The molecule has 0 spiro atoms. The quantitative estimate of drug-likeness (QED) is 0.898. The molecule has 1 aliphatic heterocycles. The Morgan fingerprint density at radius 3 is 2.17 bits per heavy atom. The standard InChI is InChI=1S/C17H24FN3O2.ClH/c1-12(2)15(19)17(23)21-9-3-8-20(10-11-21)16(22)13-4-6-14(18)7-5-13;/h4-7,12,15H,3,8-11,19H2,1-2H3;1H/t15-;/m0./s1. The van der Waals surface area contributed by atoms with E-state index in [1.165, 1.54) is 24.3 Å². The fraction of sp³-hybridized carbons (Fsp3) is 0.529. The second kappa shape index (κ2) is 8.99. The van der Waals surface area contributed by atoms with Crippen LogP contribution < -0.4 is 5.73 Å². The van der Waals surface area contributed by atoms with Gasteiger partial charge in [-0.15, -0.1) is 12.4 Å². The summed E-state index contributed by atoms with van der Waals surface area (Å²) in [5.41, 5.74) is 6.40. The molecule has 5 nitrogen and oxygen atoms in total. The number of amides is 2. The second-order valence-electron chi connectivity index (χ2n) is 6.25. The van der Waals surface area contributed by atoms with E-state index in [-0.39, 0.29) is 36.0 Å². The fourth-order valence-corrected chi connectivity index (χ4v) is 2.61. The first kappa shape index (κ1) is 20.4. The zero-order chi connectivity index (χ0) is 17.0. The van der Waals surface area contributed by atoms with E-state index in [9.17, 15) is 14.0 Å². The van der Waals surface area contributed by atoms with Crippen LogP contribution in [0.15, 0.2) is 24.3 Å². The van der Waals surface area contributed by atoms with Crippen LogP contribution >= 0.6 is 12.4 Å². The molecule has 1 fully saturated rings. The lowest BCUT2D eigenvalue weighted by Crippen LogP contribution is -2.47. The summed E-state index contributed by atoms with van der Waals surface area (Å²) in [6, 6.07) is 5.03. The van der Waals surface area contributed by atoms with Crippen molar-refractivity contribution in [3.05, 3.63) is 35.6 Å². The van der Waals surface area contributed by atoms with Crippen molar-refractivity contribution in [1.29, 1.82) is 0 Å². The molecule has 0 bridgehead atoms. The zero-order valence-corrected chi connectivity index (χ0v) is 14.9. The number of hydrogen-bond donors (Lipinski definition) is 1. The molecule has 1 atom stereocenters. The normalized spacial score (nSPS) is 16.4. The van der Waals surface area contributed by atoms with Crippen molar-refractivity contribution < 1.29 is 14.0 Å². The van der Waals surface area contributed by atoms with E-state index in [1.807, 2.05) is 13.8 Å². The number of carbonyl (C=O) groups excluding carboxylic acids is 2. The predicted molar refractivity (Wildman–Crippen MR) is 93.6 cm³/mol. The number of nitrogens with zero attached hydrogens (tertiary/aromatic N) is 2. The van der Waals surface area contributed by atoms with Gasteiger partial charge in [-0.3, -0.25) is 9.59 Å². The predicted octanol–water partition coefficient (Wildman–Crippen LogP) is 1.91. The maximum Gasteiger partial charge on any atom is 0.253 e. The van der Waals surface area contributed by atoms with E-state index in [0.717, 1.165) is 0 Å². The monoisotopic (exact) mass is 357 g/mol. The SMILES string of the molecule is CC(C)[C@H](N)C(=O)N1CCCN(C(=O)c2ccc(F)cc2)CC1.Cl. The number of rotatable bonds is 3. The molecule has 0 aromatic heterocycles. The summed E-state index contributed by atoms with van der Waals surface area (Å²) in [4.78, 5) is 28.2. The van der Waals surface area contributed by atoms with Gasteiger partial charge in [0.05, 0.1) is 6.04 Å². The molecular formula is C17H25ClFN3O2. The summed E-state index contributed by atoms with van der Waals surface area (Å²) in [6.45, 7) is 5.97. The van der Waals surface area contributed by atoms with E-state index in [2.05, 4.69) is 0 Å². The van der Waals surface area contributed by atoms with Gasteiger partial charge in [0, 0.05) is 31.7 Å². The molecule has 2 rings (SSSR count). The van der Waals surface area contributed by atoms with Crippen molar-refractivity contribution in [3.63, 3.8) is 0 Å². The average Bonchev–Trinajstić information content (AvgIpc) is 2.79. The first-order valence-electron chi connectivity index (χ1n) is 7.99. The highest BCUT2D eigenvalue weighted by molar-refractivity contribution is 5.94. The first-order chi connectivity index (χ1) is 10.9. The largest absolute Gasteiger partial charge is 0.340 e. The topological polar surface area (TPSA) is 66.6 Å². The summed E-state index contributed by atoms with van der Waals surface area (Å²) in [6.07, 6.45) is 0.712. The van der Waals surface area contributed by atoms with Gasteiger partial charge >= 0.3 is 0 Å². The minimum Gasteiger partial charge on any atom is -0.340 e. The maximum atomic E-state index is 13.0. The third kappa shape index (κ3) is 4.92. The Bertz CT molecular complexity index is 565. The third-order valence-corrected chi connectivity index (χ3v) is 4.19. The van der Waals surface area contributed by atoms with Gasteiger partial charge < -0.3 is 15.5 Å². The summed E-state index contributed by atoms with van der Waals surface area (Å²) in [5.74, 6) is -0.469. The summed E-state index contributed by atoms with van der Waals surface area (Å²) < 4.78 is 13.0. The Labute approximate surface area is 148 Å². The summed E-state index contributed by atoms with van der Waals surface area (Å²) >= 11 is 0. The van der Waals surface area contributed by atoms with Crippen LogP contribution in [0.25, 0.3) is 0 Å². The molecule has 2 N–H and O–H groups in total. The van der Waals surface area contributed by atoms with Gasteiger partial charge in [-0.1, -0.05) is 13.8 Å². The van der Waals surface area contributed by atoms with Crippen molar-refractivity contribution in [2.24, 2.45) is 11.7 Å². The molecule has 0 aliphatic carbocycles. The van der Waals surface area contributed by atoms with Gasteiger partial charge in [0.15, 0.2) is 0 Å². The number of halogens is 2. The highest BCUT2D eigenvalue weighted by Gasteiger charge is 2.27. The van der Waals surface area contributed by atoms with Gasteiger partial charge in [-0.2, -0.15) is 0 Å². The number of benzene rings is 1. The molecule has 24 heavy (non-hydrogen) atoms. The van der Waals surface area contributed by atoms with Crippen molar-refractivity contribution >= 4 is 24.2 Å². The van der Waals surface area contributed by atoms with Crippen LogP contribution in [0, 0.1) is 11.7 Å². The van der Waals surface area contributed by atoms with Crippen molar-refractivity contribution in [1.82, 2.24) is 9.80 Å². The molecule has 2 amide bonds. The lowest BCUT2D eigenvalue weighted by Gasteiger charge is -2.26. The van der Waals surface area contributed by atoms with E-state index in [0.29, 0.717) is 38.2 Å². The Hall–Kier alpha value is -1.66. The smallest absolute Gasteiger partial charge is 0.253 e. The van der Waals surface area contributed by atoms with Gasteiger partial charge in [0.1, 0.15) is 5.82 Å². The Balaban J connectivity index is 0.00000288. The van der Waals surface area contributed by atoms with Crippen LogP contribution in [-0.2, 0) is 4.79 Å². The van der Waals surface area contributed by atoms with Gasteiger partial charge in [-0.05, 0) is 36.6 Å². The zero-order valence-electron chi connectivity index (χ0n) is 14.1. The van der Waals surface area contributed by atoms with E-state index in [1.54, 1.807) is 9.80 Å². The number of nitrogens with two attached hydrogens (primary N) is 1. The van der Waals surface area contributed by atoms with Crippen LogP contribution in [0.3, 0.4) is 0 Å². The van der Waals surface area contributed by atoms with Crippen LogP contribution in [-0.4, -0.2) is 53.8 Å². The summed E-state index contributed by atoms with van der Waals surface area (Å²) in [5, 5.41) is 0. The van der Waals surface area contributed by atoms with Crippen LogP contribution in [0.4, 0.5) is 4.39 Å². The highest BCUT2D eigenvalue weighted by Crippen LogP contribution is 2.12. The lowest BCUT2D eigenvalue weighted by molar-refractivity contribution is -0.133. The van der Waals surface area contributed by atoms with Crippen LogP contribution in [0.2, 0.25) is 0 Å². The Morgan fingerprint density at radius 1 is 1.04 bits per heavy atom. The minimum absolute atomic E-state index is 0. The number of hydrogen-bond acceptors (Lipinski definition) is 3. The molecular weight excluding hydrogens is 333 g/mol.